The molecule has 2 heterocycles. The molecule has 2 heteroatoms. The van der Waals surface area contributed by atoms with E-state index in [4.69, 9.17) is 4.98 Å². The summed E-state index contributed by atoms with van der Waals surface area (Å²) in [6.07, 6.45) is 1.09. The molecule has 19 heavy (non-hydrogen) atoms. The summed E-state index contributed by atoms with van der Waals surface area (Å²) >= 11 is 0. The molecule has 0 saturated carbocycles. The van der Waals surface area contributed by atoms with E-state index in [1.807, 2.05) is 0 Å². The van der Waals surface area contributed by atoms with E-state index in [0.717, 1.165) is 11.9 Å². The predicted molar refractivity (Wildman–Crippen MR) is 81.5 cm³/mol. The van der Waals surface area contributed by atoms with Gasteiger partial charge in [-0.15, -0.1) is 0 Å². The molecule has 3 aromatic rings. The fourth-order valence-corrected chi connectivity index (χ4v) is 2.57. The SMILES string of the molecule is CCC(C)(C)c1ccc2c(n1)c1ccccc1n2C. The molecular weight excluding hydrogens is 232 g/mol. The highest BCUT2D eigenvalue weighted by atomic mass is 15.0. The van der Waals surface area contributed by atoms with Crippen molar-refractivity contribution in [3.8, 4) is 0 Å². The Morgan fingerprint density at radius 2 is 1.79 bits per heavy atom. The molecule has 0 radical (unpaired) electrons. The van der Waals surface area contributed by atoms with Crippen LogP contribution in [0.4, 0.5) is 0 Å². The molecule has 2 nitrogen and oxygen atoms in total. The third-order valence-electron chi connectivity index (χ3n) is 4.33. The standard InChI is InChI=1S/C17H20N2/c1-5-17(2,3)15-11-10-14-16(18-15)12-8-6-7-9-13(12)19(14)4/h6-11H,5H2,1-4H3. The van der Waals surface area contributed by atoms with Crippen molar-refractivity contribution in [3.63, 3.8) is 0 Å². The summed E-state index contributed by atoms with van der Waals surface area (Å²) in [5.41, 5.74) is 4.88. The molecule has 0 spiro atoms. The van der Waals surface area contributed by atoms with Crippen LogP contribution >= 0.6 is 0 Å². The van der Waals surface area contributed by atoms with Crippen LogP contribution in [0.1, 0.15) is 32.9 Å². The monoisotopic (exact) mass is 252 g/mol. The highest BCUT2D eigenvalue weighted by molar-refractivity contribution is 6.05. The van der Waals surface area contributed by atoms with Crippen molar-refractivity contribution >= 4 is 21.9 Å². The Morgan fingerprint density at radius 1 is 1.05 bits per heavy atom. The maximum atomic E-state index is 4.95. The third kappa shape index (κ3) is 1.74. The minimum absolute atomic E-state index is 0.130. The van der Waals surface area contributed by atoms with Gasteiger partial charge in [0.05, 0.1) is 16.6 Å². The van der Waals surface area contributed by atoms with E-state index in [1.165, 1.54) is 22.1 Å². The topological polar surface area (TPSA) is 17.8 Å². The second kappa shape index (κ2) is 4.09. The van der Waals surface area contributed by atoms with E-state index in [2.05, 4.69) is 68.8 Å². The van der Waals surface area contributed by atoms with Crippen molar-refractivity contribution < 1.29 is 0 Å². The van der Waals surface area contributed by atoms with Crippen LogP contribution in [0.15, 0.2) is 36.4 Å². The summed E-state index contributed by atoms with van der Waals surface area (Å²) < 4.78 is 2.22. The van der Waals surface area contributed by atoms with Crippen molar-refractivity contribution in [2.45, 2.75) is 32.6 Å². The normalized spacial score (nSPS) is 12.4. The van der Waals surface area contributed by atoms with Crippen molar-refractivity contribution in [3.05, 3.63) is 42.1 Å². The summed E-state index contributed by atoms with van der Waals surface area (Å²) in [7, 11) is 2.11. The summed E-state index contributed by atoms with van der Waals surface area (Å²) in [4.78, 5) is 4.95. The molecule has 2 aromatic heterocycles. The van der Waals surface area contributed by atoms with Crippen molar-refractivity contribution in [2.75, 3.05) is 0 Å². The Bertz CT molecular complexity index is 750. The molecule has 0 atom stereocenters. The summed E-state index contributed by atoms with van der Waals surface area (Å²) in [6.45, 7) is 6.73. The van der Waals surface area contributed by atoms with Gasteiger partial charge < -0.3 is 4.57 Å². The minimum atomic E-state index is 0.130. The van der Waals surface area contributed by atoms with E-state index < -0.39 is 0 Å². The van der Waals surface area contributed by atoms with Gasteiger partial charge in [-0.3, -0.25) is 0 Å². The Labute approximate surface area is 114 Å². The minimum Gasteiger partial charge on any atom is -0.342 e. The number of aryl methyl sites for hydroxylation is 1. The lowest BCUT2D eigenvalue weighted by Crippen LogP contribution is -2.17. The van der Waals surface area contributed by atoms with Gasteiger partial charge in [-0.25, -0.2) is 4.98 Å². The van der Waals surface area contributed by atoms with E-state index in [-0.39, 0.29) is 5.41 Å². The van der Waals surface area contributed by atoms with Gasteiger partial charge in [-0.05, 0) is 24.6 Å². The maximum absolute atomic E-state index is 4.95. The highest BCUT2D eigenvalue weighted by Gasteiger charge is 2.21. The average Bonchev–Trinajstić information content (AvgIpc) is 2.73. The van der Waals surface area contributed by atoms with E-state index in [1.54, 1.807) is 0 Å². The number of rotatable bonds is 2. The first kappa shape index (κ1) is 12.2. The number of hydrogen-bond donors (Lipinski definition) is 0. The number of benzene rings is 1. The second-order valence-corrected chi connectivity index (χ2v) is 5.88. The van der Waals surface area contributed by atoms with Crippen LogP contribution in [0.25, 0.3) is 21.9 Å². The van der Waals surface area contributed by atoms with Crippen LogP contribution in [0.5, 0.6) is 0 Å². The fraction of sp³-hybridized carbons (Fsp3) is 0.353. The molecule has 0 saturated heterocycles. The molecular formula is C17H20N2. The molecule has 0 N–H and O–H groups in total. The summed E-state index contributed by atoms with van der Waals surface area (Å²) in [6, 6.07) is 12.9. The maximum Gasteiger partial charge on any atom is 0.0963 e. The van der Waals surface area contributed by atoms with Gasteiger partial charge in [0.1, 0.15) is 0 Å². The average molecular weight is 252 g/mol. The number of aromatic nitrogens is 2. The predicted octanol–water partition coefficient (Wildman–Crippen LogP) is 4.41. The van der Waals surface area contributed by atoms with E-state index in [0.29, 0.717) is 0 Å². The molecule has 0 unspecified atom stereocenters. The van der Waals surface area contributed by atoms with Crippen LogP contribution < -0.4 is 0 Å². The molecule has 0 fully saturated rings. The molecule has 0 aliphatic carbocycles. The Balaban J connectivity index is 2.37. The first-order valence-electron chi connectivity index (χ1n) is 6.89. The fourth-order valence-electron chi connectivity index (χ4n) is 2.57. The molecule has 98 valence electrons. The first-order valence-corrected chi connectivity index (χ1v) is 6.89. The van der Waals surface area contributed by atoms with Gasteiger partial charge in [0, 0.05) is 23.5 Å². The Kier molecular flexibility index (Phi) is 2.63. The zero-order valence-corrected chi connectivity index (χ0v) is 12.1. The number of pyridine rings is 1. The van der Waals surface area contributed by atoms with Crippen LogP contribution in [0.2, 0.25) is 0 Å². The van der Waals surface area contributed by atoms with Gasteiger partial charge >= 0.3 is 0 Å². The van der Waals surface area contributed by atoms with Gasteiger partial charge in [0.2, 0.25) is 0 Å². The third-order valence-corrected chi connectivity index (χ3v) is 4.33. The zero-order chi connectivity index (χ0) is 13.6. The summed E-state index contributed by atoms with van der Waals surface area (Å²) in [5.74, 6) is 0. The van der Waals surface area contributed by atoms with Gasteiger partial charge in [-0.1, -0.05) is 39.0 Å². The number of fused-ring (bicyclic) bond motifs is 3. The number of hydrogen-bond acceptors (Lipinski definition) is 1. The summed E-state index contributed by atoms with van der Waals surface area (Å²) in [5, 5.41) is 1.24. The largest absolute Gasteiger partial charge is 0.342 e. The Morgan fingerprint density at radius 3 is 2.53 bits per heavy atom. The molecule has 0 aliphatic rings. The van der Waals surface area contributed by atoms with Crippen LogP contribution in [-0.2, 0) is 12.5 Å². The van der Waals surface area contributed by atoms with Crippen LogP contribution in [0, 0.1) is 0 Å². The highest BCUT2D eigenvalue weighted by Crippen LogP contribution is 2.31. The lowest BCUT2D eigenvalue weighted by Gasteiger charge is -2.21. The molecule has 3 rings (SSSR count). The van der Waals surface area contributed by atoms with E-state index >= 15 is 0 Å². The van der Waals surface area contributed by atoms with Gasteiger partial charge in [-0.2, -0.15) is 0 Å². The van der Waals surface area contributed by atoms with Crippen LogP contribution in [0.3, 0.4) is 0 Å². The molecule has 0 amide bonds. The molecule has 0 bridgehead atoms. The molecule has 0 aliphatic heterocycles. The zero-order valence-electron chi connectivity index (χ0n) is 12.1. The van der Waals surface area contributed by atoms with Gasteiger partial charge in [0.15, 0.2) is 0 Å². The molecule has 1 aromatic carbocycles. The van der Waals surface area contributed by atoms with Crippen LogP contribution in [-0.4, -0.2) is 9.55 Å². The number of nitrogens with zero attached hydrogens (tertiary/aromatic N) is 2. The van der Waals surface area contributed by atoms with Gasteiger partial charge in [0.25, 0.3) is 0 Å². The second-order valence-electron chi connectivity index (χ2n) is 5.88. The lowest BCUT2D eigenvalue weighted by molar-refractivity contribution is 0.492. The van der Waals surface area contributed by atoms with Crippen molar-refractivity contribution in [1.29, 1.82) is 0 Å². The smallest absolute Gasteiger partial charge is 0.0963 e. The number of para-hydroxylation sites is 1. The van der Waals surface area contributed by atoms with E-state index in [9.17, 15) is 0 Å². The van der Waals surface area contributed by atoms with Crippen molar-refractivity contribution in [1.82, 2.24) is 9.55 Å². The first-order chi connectivity index (χ1) is 9.04. The Hall–Kier alpha value is -1.83. The quantitative estimate of drug-likeness (QED) is 0.660. The lowest BCUT2D eigenvalue weighted by atomic mass is 9.86. The van der Waals surface area contributed by atoms with Crippen molar-refractivity contribution in [2.24, 2.45) is 7.05 Å².